The predicted molar refractivity (Wildman–Crippen MR) is 109 cm³/mol. The van der Waals surface area contributed by atoms with Crippen LogP contribution in [0.1, 0.15) is 24.0 Å². The first-order valence-electron chi connectivity index (χ1n) is 9.32. The van der Waals surface area contributed by atoms with Crippen LogP contribution in [0.25, 0.3) is 0 Å². The van der Waals surface area contributed by atoms with E-state index in [1.165, 1.54) is 16.4 Å². The molecule has 1 aliphatic rings. The number of nitrogens with one attached hydrogen (secondary N) is 1. The number of amides is 1. The highest BCUT2D eigenvalue weighted by Crippen LogP contribution is 2.28. The summed E-state index contributed by atoms with van der Waals surface area (Å²) < 4.78 is 27.2. The molecule has 2 aromatic rings. The van der Waals surface area contributed by atoms with Crippen LogP contribution in [0.2, 0.25) is 0 Å². The Morgan fingerprint density at radius 2 is 1.86 bits per heavy atom. The van der Waals surface area contributed by atoms with E-state index in [1.54, 1.807) is 37.3 Å². The van der Waals surface area contributed by atoms with Gasteiger partial charge in [0.1, 0.15) is 0 Å². The number of carbonyl (C=O) groups is 1. The highest BCUT2D eigenvalue weighted by atomic mass is 32.2. The van der Waals surface area contributed by atoms with Crippen LogP contribution in [-0.4, -0.2) is 36.6 Å². The van der Waals surface area contributed by atoms with Gasteiger partial charge in [-0.25, -0.2) is 8.42 Å². The number of sulfonamides is 1. The van der Waals surface area contributed by atoms with Crippen LogP contribution in [0.4, 0.5) is 11.4 Å². The predicted octanol–water partition coefficient (Wildman–Crippen LogP) is 3.25. The molecule has 2 aromatic carbocycles. The van der Waals surface area contributed by atoms with Gasteiger partial charge in [-0.3, -0.25) is 14.9 Å². The molecule has 0 radical (unpaired) electrons. The molecule has 154 valence electrons. The fourth-order valence-electron chi connectivity index (χ4n) is 3.43. The van der Waals surface area contributed by atoms with Crippen molar-refractivity contribution in [1.82, 2.24) is 4.31 Å². The Kier molecular flexibility index (Phi) is 5.99. The highest BCUT2D eigenvalue weighted by Gasteiger charge is 2.33. The van der Waals surface area contributed by atoms with E-state index >= 15 is 0 Å². The number of carbonyl (C=O) groups excluding carboxylic acids is 1. The summed E-state index contributed by atoms with van der Waals surface area (Å²) in [6.45, 7) is 3.89. The number of piperidine rings is 1. The third kappa shape index (κ3) is 4.46. The summed E-state index contributed by atoms with van der Waals surface area (Å²) in [6, 6.07) is 11.1. The second-order valence-corrected chi connectivity index (χ2v) is 9.15. The number of anilines is 1. The topological polar surface area (TPSA) is 110 Å². The van der Waals surface area contributed by atoms with Crippen LogP contribution in [0.3, 0.4) is 0 Å². The highest BCUT2D eigenvalue weighted by molar-refractivity contribution is 7.89. The Morgan fingerprint density at radius 3 is 2.52 bits per heavy atom. The zero-order chi connectivity index (χ0) is 21.2. The molecule has 0 aliphatic carbocycles. The van der Waals surface area contributed by atoms with Crippen molar-refractivity contribution in [2.45, 2.75) is 31.6 Å². The molecule has 9 heteroatoms. The van der Waals surface area contributed by atoms with Gasteiger partial charge in [-0.05, 0) is 44.9 Å². The maximum absolute atomic E-state index is 12.9. The second-order valence-electron chi connectivity index (χ2n) is 7.21. The Labute approximate surface area is 169 Å². The van der Waals surface area contributed by atoms with Crippen LogP contribution in [0.15, 0.2) is 47.4 Å². The molecule has 1 aliphatic heterocycles. The molecule has 1 atom stereocenters. The summed E-state index contributed by atoms with van der Waals surface area (Å²) in [5, 5.41) is 13.8. The van der Waals surface area contributed by atoms with E-state index in [2.05, 4.69) is 5.32 Å². The van der Waals surface area contributed by atoms with Crippen molar-refractivity contribution in [3.8, 4) is 0 Å². The lowest BCUT2D eigenvalue weighted by Gasteiger charge is -2.31. The summed E-state index contributed by atoms with van der Waals surface area (Å²) in [5.41, 5.74) is 1.62. The first kappa shape index (κ1) is 20.9. The molecule has 1 amide bonds. The Hall–Kier alpha value is -2.78. The summed E-state index contributed by atoms with van der Waals surface area (Å²) >= 11 is 0. The number of nitro groups is 1. The van der Waals surface area contributed by atoms with Gasteiger partial charge >= 0.3 is 0 Å². The van der Waals surface area contributed by atoms with Crippen molar-refractivity contribution in [1.29, 1.82) is 0 Å². The molecule has 0 aromatic heterocycles. The van der Waals surface area contributed by atoms with Crippen molar-refractivity contribution in [3.05, 3.63) is 63.7 Å². The molecule has 0 spiro atoms. The molecule has 0 unspecified atom stereocenters. The molecule has 1 heterocycles. The van der Waals surface area contributed by atoms with Gasteiger partial charge in [-0.1, -0.05) is 23.8 Å². The molecular weight excluding hydrogens is 394 g/mol. The smallest absolute Gasteiger partial charge is 0.274 e. The summed E-state index contributed by atoms with van der Waals surface area (Å²) in [6.07, 6.45) is 1.12. The number of nitrogens with zero attached hydrogens (tertiary/aromatic N) is 2. The summed E-state index contributed by atoms with van der Waals surface area (Å²) in [7, 11) is -3.68. The number of rotatable bonds is 5. The molecule has 1 N–H and O–H groups in total. The lowest BCUT2D eigenvalue weighted by Crippen LogP contribution is -2.43. The molecule has 0 bridgehead atoms. The molecule has 29 heavy (non-hydrogen) atoms. The Balaban J connectivity index is 1.75. The fraction of sp³-hybridized carbons (Fsp3) is 0.350. The fourth-order valence-corrected chi connectivity index (χ4v) is 4.95. The maximum Gasteiger partial charge on any atom is 0.274 e. The lowest BCUT2D eigenvalue weighted by molar-refractivity contribution is -0.385. The average Bonchev–Trinajstić information content (AvgIpc) is 2.69. The zero-order valence-electron chi connectivity index (χ0n) is 16.3. The minimum atomic E-state index is -3.68. The average molecular weight is 417 g/mol. The zero-order valence-corrected chi connectivity index (χ0v) is 17.1. The number of hydrogen-bond donors (Lipinski definition) is 1. The number of hydrogen-bond acceptors (Lipinski definition) is 5. The van der Waals surface area contributed by atoms with Gasteiger partial charge in [0.05, 0.1) is 27.0 Å². The SMILES string of the molecule is Cc1ccc(S(=O)(=O)N2CCC[C@H](C(=O)Nc3cccc([N+](=O)[O-])c3C)C2)cc1. The second kappa shape index (κ2) is 8.30. The number of benzene rings is 2. The van der Waals surface area contributed by atoms with Gasteiger partial charge in [0, 0.05) is 19.2 Å². The molecule has 8 nitrogen and oxygen atoms in total. The van der Waals surface area contributed by atoms with E-state index < -0.39 is 20.9 Å². The van der Waals surface area contributed by atoms with Crippen molar-refractivity contribution in [2.24, 2.45) is 5.92 Å². The van der Waals surface area contributed by atoms with Crippen molar-refractivity contribution in [3.63, 3.8) is 0 Å². The van der Waals surface area contributed by atoms with Gasteiger partial charge < -0.3 is 5.32 Å². The normalized spacial score (nSPS) is 17.7. The Morgan fingerprint density at radius 1 is 1.17 bits per heavy atom. The minimum Gasteiger partial charge on any atom is -0.325 e. The maximum atomic E-state index is 12.9. The van der Waals surface area contributed by atoms with E-state index in [0.29, 0.717) is 30.6 Å². The van der Waals surface area contributed by atoms with E-state index in [9.17, 15) is 23.3 Å². The number of nitro benzene ring substituents is 1. The quantitative estimate of drug-likeness (QED) is 0.593. The largest absolute Gasteiger partial charge is 0.325 e. The van der Waals surface area contributed by atoms with Gasteiger partial charge in [-0.2, -0.15) is 4.31 Å². The van der Waals surface area contributed by atoms with Gasteiger partial charge in [-0.15, -0.1) is 0 Å². The minimum absolute atomic E-state index is 0.0741. The van der Waals surface area contributed by atoms with Crippen LogP contribution < -0.4 is 5.32 Å². The third-order valence-electron chi connectivity index (χ3n) is 5.17. The third-order valence-corrected chi connectivity index (χ3v) is 7.05. The molecule has 0 saturated carbocycles. The van der Waals surface area contributed by atoms with E-state index in [1.807, 2.05) is 6.92 Å². The van der Waals surface area contributed by atoms with E-state index in [4.69, 9.17) is 0 Å². The van der Waals surface area contributed by atoms with Crippen molar-refractivity contribution >= 4 is 27.3 Å². The van der Waals surface area contributed by atoms with E-state index in [0.717, 1.165) is 5.56 Å². The van der Waals surface area contributed by atoms with Gasteiger partial charge in [0.15, 0.2) is 0 Å². The monoisotopic (exact) mass is 417 g/mol. The molecule has 1 saturated heterocycles. The summed E-state index contributed by atoms with van der Waals surface area (Å²) in [4.78, 5) is 23.6. The number of aryl methyl sites for hydroxylation is 1. The lowest BCUT2D eigenvalue weighted by atomic mass is 9.98. The Bertz CT molecular complexity index is 1030. The molecular formula is C20H23N3O5S. The van der Waals surface area contributed by atoms with Crippen LogP contribution >= 0.6 is 0 Å². The van der Waals surface area contributed by atoms with Crippen LogP contribution in [-0.2, 0) is 14.8 Å². The molecule has 1 fully saturated rings. The van der Waals surface area contributed by atoms with Gasteiger partial charge in [0.2, 0.25) is 15.9 Å². The van der Waals surface area contributed by atoms with Crippen molar-refractivity contribution in [2.75, 3.05) is 18.4 Å². The van der Waals surface area contributed by atoms with Gasteiger partial charge in [0.25, 0.3) is 5.69 Å². The van der Waals surface area contributed by atoms with Crippen LogP contribution in [0, 0.1) is 29.9 Å². The van der Waals surface area contributed by atoms with Crippen LogP contribution in [0.5, 0.6) is 0 Å². The molecule has 3 rings (SSSR count). The summed E-state index contributed by atoms with van der Waals surface area (Å²) in [5.74, 6) is -0.861. The standard InChI is InChI=1S/C20H23N3O5S/c1-14-8-10-17(11-9-14)29(27,28)22-12-4-5-16(13-22)20(24)21-18-6-3-7-19(15(18)2)23(25)26/h3,6-11,16H,4-5,12-13H2,1-2H3,(H,21,24)/t16-/m0/s1. The van der Waals surface area contributed by atoms with Crippen molar-refractivity contribution < 1.29 is 18.1 Å². The van der Waals surface area contributed by atoms with E-state index in [-0.39, 0.29) is 23.0 Å². The first-order chi connectivity index (χ1) is 13.7. The first-order valence-corrected chi connectivity index (χ1v) is 10.8.